The van der Waals surface area contributed by atoms with Gasteiger partial charge in [0.1, 0.15) is 11.6 Å². The lowest BCUT2D eigenvalue weighted by molar-refractivity contribution is -0.884. The maximum Gasteiger partial charge on any atom is 0.339 e. The van der Waals surface area contributed by atoms with Crippen molar-refractivity contribution in [2.75, 3.05) is 7.11 Å². The minimum absolute atomic E-state index is 0.532. The van der Waals surface area contributed by atoms with E-state index >= 15 is 0 Å². The molecular formula is C6H6BrClNO+. The smallest absolute Gasteiger partial charge is 0.273 e. The number of halogens is 2. The van der Waals surface area contributed by atoms with Gasteiger partial charge in [0, 0.05) is 10.8 Å². The Kier molecular flexibility index (Phi) is 2.51. The van der Waals surface area contributed by atoms with Crippen LogP contribution in [0.4, 0.5) is 0 Å². The van der Waals surface area contributed by atoms with Crippen molar-refractivity contribution in [3.8, 4) is 0 Å². The van der Waals surface area contributed by atoms with E-state index in [2.05, 4.69) is 15.9 Å². The number of aromatic nitrogens is 1. The zero-order chi connectivity index (χ0) is 7.56. The van der Waals surface area contributed by atoms with Gasteiger partial charge in [-0.05, 0) is 33.6 Å². The van der Waals surface area contributed by atoms with E-state index in [1.54, 1.807) is 13.3 Å². The van der Waals surface area contributed by atoms with Gasteiger partial charge >= 0.3 is 5.15 Å². The molecule has 0 aliphatic rings. The van der Waals surface area contributed by atoms with Gasteiger partial charge in [0.2, 0.25) is 6.20 Å². The molecule has 0 unspecified atom stereocenters. The third-order valence-corrected chi connectivity index (χ3v) is 2.29. The van der Waals surface area contributed by atoms with Crippen molar-refractivity contribution in [3.63, 3.8) is 0 Å². The van der Waals surface area contributed by atoms with Gasteiger partial charge in [0.15, 0.2) is 0 Å². The molecular weight excluding hydrogens is 217 g/mol. The fraction of sp³-hybridized carbons (Fsp3) is 0.167. The van der Waals surface area contributed by atoms with E-state index in [4.69, 9.17) is 16.4 Å². The van der Waals surface area contributed by atoms with Crippen LogP contribution in [0.2, 0.25) is 5.15 Å². The summed E-state index contributed by atoms with van der Waals surface area (Å²) < 4.78 is 2.28. The first-order valence-electron chi connectivity index (χ1n) is 2.66. The Morgan fingerprint density at radius 1 is 1.70 bits per heavy atom. The number of rotatable bonds is 1. The van der Waals surface area contributed by atoms with Crippen molar-refractivity contribution in [1.29, 1.82) is 0 Å². The first kappa shape index (κ1) is 7.82. The van der Waals surface area contributed by atoms with Gasteiger partial charge in [-0.1, -0.05) is 0 Å². The maximum atomic E-state index is 5.78. The molecule has 0 radical (unpaired) electrons. The molecule has 1 heterocycles. The minimum atomic E-state index is 0.532. The predicted molar refractivity (Wildman–Crippen MR) is 41.9 cm³/mol. The van der Waals surface area contributed by atoms with Gasteiger partial charge < -0.3 is 0 Å². The monoisotopic (exact) mass is 222 g/mol. The Balaban J connectivity index is 3.14. The normalized spacial score (nSPS) is 9.50. The summed E-state index contributed by atoms with van der Waals surface area (Å²) in [5.41, 5.74) is 0. The zero-order valence-corrected chi connectivity index (χ0v) is 7.69. The third-order valence-electron chi connectivity index (χ3n) is 1.05. The lowest BCUT2D eigenvalue weighted by atomic mass is 10.5. The molecule has 0 aliphatic heterocycles. The van der Waals surface area contributed by atoms with Crippen LogP contribution in [0.1, 0.15) is 0 Å². The van der Waals surface area contributed by atoms with Gasteiger partial charge in [-0.2, -0.15) is 0 Å². The fourth-order valence-electron chi connectivity index (χ4n) is 0.586. The van der Waals surface area contributed by atoms with E-state index in [1.165, 1.54) is 4.73 Å². The van der Waals surface area contributed by atoms with Crippen LogP contribution < -0.4 is 9.57 Å². The number of hydrogen-bond donors (Lipinski definition) is 0. The highest BCUT2D eigenvalue weighted by Crippen LogP contribution is 2.15. The Hall–Kier alpha value is -0.280. The molecule has 0 atom stereocenters. The molecule has 1 aromatic rings. The molecule has 10 heavy (non-hydrogen) atoms. The molecule has 0 N–H and O–H groups in total. The highest BCUT2D eigenvalue weighted by atomic mass is 79.9. The van der Waals surface area contributed by atoms with Crippen molar-refractivity contribution in [2.24, 2.45) is 0 Å². The zero-order valence-electron chi connectivity index (χ0n) is 5.34. The average Bonchev–Trinajstić information content (AvgIpc) is 1.95. The molecule has 0 fully saturated rings. The molecule has 1 rings (SSSR count). The topological polar surface area (TPSA) is 13.1 Å². The van der Waals surface area contributed by atoms with Gasteiger partial charge in [0.05, 0.1) is 0 Å². The Labute approximate surface area is 72.5 Å². The second kappa shape index (κ2) is 3.21. The van der Waals surface area contributed by atoms with Gasteiger partial charge in [-0.25, -0.2) is 0 Å². The molecule has 0 spiro atoms. The predicted octanol–water partition coefficient (Wildman–Crippen LogP) is 1.45. The number of pyridine rings is 1. The summed E-state index contributed by atoms with van der Waals surface area (Å²) in [6.07, 6.45) is 1.73. The largest absolute Gasteiger partial charge is 0.339 e. The van der Waals surface area contributed by atoms with Crippen LogP contribution in [0.5, 0.6) is 0 Å². The minimum Gasteiger partial charge on any atom is -0.273 e. The summed E-state index contributed by atoms with van der Waals surface area (Å²) >= 11 is 9.04. The van der Waals surface area contributed by atoms with Crippen LogP contribution >= 0.6 is 27.5 Å². The first-order valence-corrected chi connectivity index (χ1v) is 3.83. The van der Waals surface area contributed by atoms with Crippen molar-refractivity contribution < 1.29 is 9.57 Å². The van der Waals surface area contributed by atoms with E-state index in [0.29, 0.717) is 5.15 Å². The molecule has 0 aliphatic carbocycles. The van der Waals surface area contributed by atoms with Crippen molar-refractivity contribution in [3.05, 3.63) is 28.0 Å². The van der Waals surface area contributed by atoms with Gasteiger partial charge in [0.25, 0.3) is 0 Å². The van der Waals surface area contributed by atoms with Crippen molar-refractivity contribution in [1.82, 2.24) is 0 Å². The summed E-state index contributed by atoms with van der Waals surface area (Å²) in [5, 5.41) is 0.532. The molecule has 2 nitrogen and oxygen atoms in total. The standard InChI is InChI=1S/C6H6BrClNO/c1-10-9-4-2-3-5(7)6(9)8/h2-4H,1H3/q+1. The van der Waals surface area contributed by atoms with E-state index in [1.807, 2.05) is 12.1 Å². The summed E-state index contributed by atoms with van der Waals surface area (Å²) in [5.74, 6) is 0. The maximum absolute atomic E-state index is 5.78. The van der Waals surface area contributed by atoms with E-state index in [9.17, 15) is 0 Å². The van der Waals surface area contributed by atoms with E-state index in [-0.39, 0.29) is 0 Å². The number of hydrogen-bond acceptors (Lipinski definition) is 1. The number of nitrogens with zero attached hydrogens (tertiary/aromatic N) is 1. The molecule has 0 amide bonds. The van der Waals surface area contributed by atoms with Crippen LogP contribution in [-0.2, 0) is 0 Å². The quantitative estimate of drug-likeness (QED) is 0.519. The van der Waals surface area contributed by atoms with Crippen LogP contribution in [0.15, 0.2) is 22.8 Å². The molecule has 4 heteroatoms. The lowest BCUT2D eigenvalue weighted by Gasteiger charge is -1.92. The average molecular weight is 223 g/mol. The second-order valence-electron chi connectivity index (χ2n) is 1.66. The Morgan fingerprint density at radius 3 is 2.90 bits per heavy atom. The van der Waals surface area contributed by atoms with Crippen LogP contribution in [-0.4, -0.2) is 7.11 Å². The van der Waals surface area contributed by atoms with E-state index in [0.717, 1.165) is 4.47 Å². The van der Waals surface area contributed by atoms with E-state index < -0.39 is 0 Å². The molecule has 1 aromatic heterocycles. The highest BCUT2D eigenvalue weighted by molar-refractivity contribution is 9.10. The summed E-state index contributed by atoms with van der Waals surface area (Å²) in [6, 6.07) is 3.68. The second-order valence-corrected chi connectivity index (χ2v) is 2.87. The van der Waals surface area contributed by atoms with Gasteiger partial charge in [-0.15, -0.1) is 0 Å². The third kappa shape index (κ3) is 1.41. The molecule has 0 saturated heterocycles. The highest BCUT2D eigenvalue weighted by Gasteiger charge is 2.10. The molecule has 54 valence electrons. The first-order chi connectivity index (χ1) is 4.75. The molecule has 0 bridgehead atoms. The summed E-state index contributed by atoms with van der Waals surface area (Å²) in [6.45, 7) is 0. The lowest BCUT2D eigenvalue weighted by Crippen LogP contribution is -2.41. The summed E-state index contributed by atoms with van der Waals surface area (Å²) in [7, 11) is 1.55. The van der Waals surface area contributed by atoms with Crippen LogP contribution in [0.3, 0.4) is 0 Å². The van der Waals surface area contributed by atoms with Crippen molar-refractivity contribution in [2.45, 2.75) is 0 Å². The fourth-order valence-corrected chi connectivity index (χ4v) is 1.10. The molecule has 0 saturated carbocycles. The van der Waals surface area contributed by atoms with Gasteiger partial charge in [-0.3, -0.25) is 4.84 Å². The Bertz CT molecular complexity index is 241. The Morgan fingerprint density at radius 2 is 2.40 bits per heavy atom. The van der Waals surface area contributed by atoms with Crippen LogP contribution in [0, 0.1) is 0 Å². The van der Waals surface area contributed by atoms with Crippen LogP contribution in [0.25, 0.3) is 0 Å². The van der Waals surface area contributed by atoms with Crippen molar-refractivity contribution >= 4 is 27.5 Å². The molecule has 0 aromatic carbocycles. The summed E-state index contributed by atoms with van der Waals surface area (Å²) in [4.78, 5) is 4.88. The SMILES string of the molecule is CO[n+]1cccc(Br)c1Cl.